The van der Waals surface area contributed by atoms with Crippen LogP contribution in [0, 0.1) is 10.1 Å². The van der Waals surface area contributed by atoms with Crippen molar-refractivity contribution >= 4 is 21.3 Å². The van der Waals surface area contributed by atoms with Gasteiger partial charge in [-0.25, -0.2) is 13.1 Å². The third kappa shape index (κ3) is 3.72. The number of nitrogens with one attached hydrogen (secondary N) is 1. The van der Waals surface area contributed by atoms with Gasteiger partial charge in [0.1, 0.15) is 0 Å². The molecule has 0 aliphatic heterocycles. The molecule has 0 heterocycles. The second-order valence-corrected chi connectivity index (χ2v) is 9.33. The summed E-state index contributed by atoms with van der Waals surface area (Å²) in [6.45, 7) is 7.90. The molecule has 1 aliphatic carbocycles. The van der Waals surface area contributed by atoms with Crippen LogP contribution < -0.4 is 4.72 Å². The Morgan fingerprint density at radius 1 is 1.14 bits per heavy atom. The molecule has 7 heteroatoms. The van der Waals surface area contributed by atoms with E-state index in [-0.39, 0.29) is 10.6 Å². The smallest absolute Gasteiger partial charge is 0.258 e. The summed E-state index contributed by atoms with van der Waals surface area (Å²) in [5.74, 6) is 0. The van der Waals surface area contributed by atoms with E-state index in [2.05, 4.69) is 30.7 Å². The van der Waals surface area contributed by atoms with Crippen LogP contribution in [0.3, 0.4) is 0 Å². The fourth-order valence-electron chi connectivity index (χ4n) is 3.72. The van der Waals surface area contributed by atoms with Gasteiger partial charge in [-0.3, -0.25) is 10.1 Å². The molecule has 3 rings (SSSR count). The van der Waals surface area contributed by atoms with Crippen molar-refractivity contribution in [3.8, 4) is 0 Å². The molecule has 28 heavy (non-hydrogen) atoms. The van der Waals surface area contributed by atoms with Gasteiger partial charge in [0.25, 0.3) is 5.69 Å². The van der Waals surface area contributed by atoms with Gasteiger partial charge in [-0.1, -0.05) is 24.6 Å². The highest BCUT2D eigenvalue weighted by molar-refractivity contribution is 7.89. The van der Waals surface area contributed by atoms with Crippen LogP contribution in [-0.2, 0) is 22.0 Å². The Morgan fingerprint density at radius 2 is 1.79 bits per heavy atom. The molecule has 0 amide bonds. The van der Waals surface area contributed by atoms with Crippen LogP contribution in [0.4, 0.5) is 5.69 Å². The number of hydrogen-bond acceptors (Lipinski definition) is 4. The van der Waals surface area contributed by atoms with Crippen LogP contribution in [-0.4, -0.2) is 13.3 Å². The zero-order valence-corrected chi connectivity index (χ0v) is 17.3. The van der Waals surface area contributed by atoms with Crippen LogP contribution in [0.25, 0.3) is 5.57 Å². The number of fused-ring (bicyclic) bond motifs is 1. The molecule has 0 bridgehead atoms. The zero-order valence-electron chi connectivity index (χ0n) is 16.4. The Bertz CT molecular complexity index is 1070. The molecule has 0 unspecified atom stereocenters. The second-order valence-electron chi connectivity index (χ2n) is 7.64. The number of nitro groups is 1. The lowest BCUT2D eigenvalue weighted by molar-refractivity contribution is -0.384. The van der Waals surface area contributed by atoms with Crippen molar-refractivity contribution in [1.29, 1.82) is 0 Å². The van der Waals surface area contributed by atoms with Gasteiger partial charge in [-0.05, 0) is 74.1 Å². The van der Waals surface area contributed by atoms with Gasteiger partial charge in [-0.15, -0.1) is 0 Å². The number of benzene rings is 2. The lowest BCUT2D eigenvalue weighted by Gasteiger charge is -2.27. The minimum absolute atomic E-state index is 0.00248. The molecule has 1 aliphatic rings. The number of sulfonamides is 1. The SMILES string of the molecule is CCC1=C(C)Cc2ccc(C(C)(C)NS(=O)(=O)c3ccc([N+](=O)[O-])cc3)cc21. The van der Waals surface area contributed by atoms with Crippen molar-refractivity contribution in [1.82, 2.24) is 4.72 Å². The second kappa shape index (κ2) is 7.14. The van der Waals surface area contributed by atoms with E-state index in [1.807, 2.05) is 19.9 Å². The molecule has 0 atom stereocenters. The maximum absolute atomic E-state index is 12.8. The fraction of sp³-hybridized carbons (Fsp3) is 0.333. The third-order valence-electron chi connectivity index (χ3n) is 5.23. The Morgan fingerprint density at radius 3 is 2.36 bits per heavy atom. The number of rotatable bonds is 6. The predicted octanol–water partition coefficient (Wildman–Crippen LogP) is 4.55. The summed E-state index contributed by atoms with van der Waals surface area (Å²) < 4.78 is 28.4. The minimum Gasteiger partial charge on any atom is -0.258 e. The van der Waals surface area contributed by atoms with Crippen molar-refractivity contribution < 1.29 is 13.3 Å². The van der Waals surface area contributed by atoms with E-state index in [9.17, 15) is 18.5 Å². The average Bonchev–Trinajstić information content (AvgIpc) is 2.95. The standard InChI is InChI=1S/C21H24N2O4S/c1-5-19-14(2)12-15-6-7-16(13-20(15)19)21(3,4)22-28(26,27)18-10-8-17(9-11-18)23(24)25/h6-11,13,22H,5,12H2,1-4H3. The topological polar surface area (TPSA) is 89.3 Å². The van der Waals surface area contributed by atoms with Gasteiger partial charge in [0.05, 0.1) is 15.4 Å². The Kier molecular flexibility index (Phi) is 5.16. The fourth-order valence-corrected chi connectivity index (χ4v) is 5.12. The van der Waals surface area contributed by atoms with Crippen molar-refractivity contribution in [3.63, 3.8) is 0 Å². The van der Waals surface area contributed by atoms with Crippen LogP contribution in [0.5, 0.6) is 0 Å². The summed E-state index contributed by atoms with van der Waals surface area (Å²) in [7, 11) is -3.84. The van der Waals surface area contributed by atoms with Gasteiger partial charge in [0.15, 0.2) is 0 Å². The summed E-state index contributed by atoms with van der Waals surface area (Å²) in [6, 6.07) is 11.0. The maximum Gasteiger partial charge on any atom is 0.269 e. The van der Waals surface area contributed by atoms with E-state index >= 15 is 0 Å². The first-order valence-electron chi connectivity index (χ1n) is 9.16. The van der Waals surface area contributed by atoms with E-state index in [1.54, 1.807) is 0 Å². The molecular weight excluding hydrogens is 376 g/mol. The third-order valence-corrected chi connectivity index (χ3v) is 6.90. The highest BCUT2D eigenvalue weighted by Crippen LogP contribution is 2.37. The summed E-state index contributed by atoms with van der Waals surface area (Å²) in [6.07, 6.45) is 1.88. The van der Waals surface area contributed by atoms with Gasteiger partial charge in [0, 0.05) is 12.1 Å². The summed E-state index contributed by atoms with van der Waals surface area (Å²) in [4.78, 5) is 10.2. The van der Waals surface area contributed by atoms with Gasteiger partial charge in [0.2, 0.25) is 10.0 Å². The monoisotopic (exact) mass is 400 g/mol. The number of hydrogen-bond donors (Lipinski definition) is 1. The first-order valence-corrected chi connectivity index (χ1v) is 10.6. The first-order chi connectivity index (χ1) is 13.0. The molecule has 0 saturated heterocycles. The summed E-state index contributed by atoms with van der Waals surface area (Å²) in [5, 5.41) is 10.8. The number of nitrogens with zero attached hydrogens (tertiary/aromatic N) is 1. The average molecular weight is 401 g/mol. The molecule has 0 radical (unpaired) electrons. The van der Waals surface area contributed by atoms with Gasteiger partial charge in [-0.2, -0.15) is 0 Å². The molecule has 0 fully saturated rings. The van der Waals surface area contributed by atoms with Gasteiger partial charge >= 0.3 is 0 Å². The highest BCUT2D eigenvalue weighted by Gasteiger charge is 2.30. The van der Waals surface area contributed by atoms with Crippen molar-refractivity contribution in [2.45, 2.75) is 51.0 Å². The van der Waals surface area contributed by atoms with Crippen molar-refractivity contribution in [2.75, 3.05) is 0 Å². The summed E-state index contributed by atoms with van der Waals surface area (Å²) in [5.41, 5.74) is 5.03. The van der Waals surface area contributed by atoms with Crippen LogP contribution in [0.1, 0.15) is 50.8 Å². The number of nitro benzene ring substituents is 1. The molecule has 0 saturated carbocycles. The van der Waals surface area contributed by atoms with Crippen LogP contribution >= 0.6 is 0 Å². The zero-order chi connectivity index (χ0) is 20.7. The Hall–Kier alpha value is -2.51. The van der Waals surface area contributed by atoms with E-state index in [1.165, 1.54) is 46.5 Å². The predicted molar refractivity (Wildman–Crippen MR) is 109 cm³/mol. The normalized spacial score (nSPS) is 14.3. The summed E-state index contributed by atoms with van der Waals surface area (Å²) >= 11 is 0. The molecule has 0 aromatic heterocycles. The quantitative estimate of drug-likeness (QED) is 0.569. The molecule has 2 aromatic carbocycles. The first kappa shape index (κ1) is 20.2. The molecule has 2 aromatic rings. The van der Waals surface area contributed by atoms with Crippen molar-refractivity contribution in [3.05, 3.63) is 74.8 Å². The van der Waals surface area contributed by atoms with E-state index in [4.69, 9.17) is 0 Å². The number of non-ortho nitro benzene ring substituents is 1. The molecular formula is C21H24N2O4S. The Balaban J connectivity index is 1.91. The maximum atomic E-state index is 12.8. The van der Waals surface area contributed by atoms with Gasteiger partial charge < -0.3 is 0 Å². The largest absolute Gasteiger partial charge is 0.269 e. The molecule has 0 spiro atoms. The van der Waals surface area contributed by atoms with Crippen LogP contribution in [0.2, 0.25) is 0 Å². The minimum atomic E-state index is -3.84. The lowest BCUT2D eigenvalue weighted by Crippen LogP contribution is -2.41. The molecule has 1 N–H and O–H groups in total. The van der Waals surface area contributed by atoms with Crippen LogP contribution in [0.15, 0.2) is 52.9 Å². The molecule has 6 nitrogen and oxygen atoms in total. The van der Waals surface area contributed by atoms with Crippen molar-refractivity contribution in [2.24, 2.45) is 0 Å². The number of allylic oxidation sites excluding steroid dienone is 2. The Labute approximate surface area is 165 Å². The van der Waals surface area contributed by atoms with E-state index in [0.717, 1.165) is 18.4 Å². The van der Waals surface area contributed by atoms with E-state index in [0.29, 0.717) is 0 Å². The molecule has 148 valence electrons. The highest BCUT2D eigenvalue weighted by atomic mass is 32.2. The lowest BCUT2D eigenvalue weighted by atomic mass is 9.91. The van der Waals surface area contributed by atoms with E-state index < -0.39 is 20.5 Å².